The molecule has 65 heavy (non-hydrogen) atoms. The van der Waals surface area contributed by atoms with E-state index < -0.39 is 42.1 Å². The largest absolute Gasteiger partial charge is 0.494 e. The molecule has 7 rings (SSSR count). The molecule has 6 nitrogen and oxygen atoms in total. The van der Waals surface area contributed by atoms with Crippen molar-refractivity contribution in [2.45, 2.75) is 141 Å². The van der Waals surface area contributed by atoms with Gasteiger partial charge in [0.1, 0.15) is 17.6 Å². The van der Waals surface area contributed by atoms with Gasteiger partial charge in [-0.15, -0.1) is 6.42 Å². The molecule has 0 N–H and O–H groups in total. The van der Waals surface area contributed by atoms with Gasteiger partial charge < -0.3 is 28.1 Å². The van der Waals surface area contributed by atoms with E-state index in [2.05, 4.69) is 189 Å². The van der Waals surface area contributed by atoms with Gasteiger partial charge in [0.15, 0.2) is 0 Å². The summed E-state index contributed by atoms with van der Waals surface area (Å²) >= 11 is 0. The Labute approximate surface area is 389 Å². The lowest BCUT2D eigenvalue weighted by atomic mass is 9.65. The van der Waals surface area contributed by atoms with Crippen molar-refractivity contribution in [3.8, 4) is 82.5 Å². The normalized spacial score (nSPS) is 17.4. The quantitative estimate of drug-likeness (QED) is 0.0594. The Balaban J connectivity index is 1.31. The highest BCUT2D eigenvalue weighted by Crippen LogP contribution is 2.56. The molecule has 0 saturated carbocycles. The highest BCUT2D eigenvalue weighted by atomic mass is 16.7. The first-order chi connectivity index (χ1) is 31.1. The fraction of sp³-hybridized carbons (Fsp3) is 0.404. The van der Waals surface area contributed by atoms with E-state index in [4.69, 9.17) is 34.5 Å². The zero-order valence-electron chi connectivity index (χ0n) is 39.6. The van der Waals surface area contributed by atoms with E-state index >= 15 is 0 Å². The Morgan fingerprint density at radius 2 is 0.908 bits per heavy atom. The van der Waals surface area contributed by atoms with E-state index in [1.807, 2.05) is 12.1 Å². The number of rotatable bonds is 15. The van der Waals surface area contributed by atoms with Crippen molar-refractivity contribution >= 4 is 25.2 Å². The van der Waals surface area contributed by atoms with Crippen LogP contribution in [0, 0.1) is 59.9 Å². The third kappa shape index (κ3) is 9.93. The van der Waals surface area contributed by atoms with Gasteiger partial charge in [0.25, 0.3) is 0 Å². The van der Waals surface area contributed by atoms with E-state index in [0.717, 1.165) is 56.5 Å². The van der Waals surface area contributed by atoms with Gasteiger partial charge in [-0.3, -0.25) is 0 Å². The number of hydrogen-bond donors (Lipinski definition) is 0. The van der Waals surface area contributed by atoms with Crippen LogP contribution in [0.25, 0.3) is 11.1 Å². The van der Waals surface area contributed by atoms with Crippen LogP contribution in [0.15, 0.2) is 84.9 Å². The van der Waals surface area contributed by atoms with Crippen molar-refractivity contribution in [1.82, 2.24) is 0 Å². The van der Waals surface area contributed by atoms with Gasteiger partial charge in [0.2, 0.25) is 0 Å². The monoisotopic (exact) mass is 862 g/mol. The smallest absolute Gasteiger partial charge is 0.494 e. The van der Waals surface area contributed by atoms with Crippen LogP contribution < -0.4 is 20.4 Å². The van der Waals surface area contributed by atoms with Gasteiger partial charge in [-0.05, 0) is 154 Å². The van der Waals surface area contributed by atoms with E-state index in [1.165, 1.54) is 44.9 Å². The van der Waals surface area contributed by atoms with Crippen molar-refractivity contribution in [1.29, 1.82) is 0 Å². The molecule has 2 heterocycles. The molecule has 4 aromatic rings. The predicted molar refractivity (Wildman–Crippen MR) is 264 cm³/mol. The lowest BCUT2D eigenvalue weighted by molar-refractivity contribution is 0.00578. The molecule has 1 aliphatic carbocycles. The van der Waals surface area contributed by atoms with Crippen molar-refractivity contribution in [2.75, 3.05) is 6.61 Å². The van der Waals surface area contributed by atoms with Crippen LogP contribution in [-0.4, -0.2) is 43.2 Å². The number of hydrogen-bond acceptors (Lipinski definition) is 6. The summed E-state index contributed by atoms with van der Waals surface area (Å²) in [6.07, 6.45) is 17.8. The van der Waals surface area contributed by atoms with E-state index in [-0.39, 0.29) is 0 Å². The Kier molecular flexibility index (Phi) is 14.4. The molecule has 0 unspecified atom stereocenters. The second kappa shape index (κ2) is 19.8. The maximum absolute atomic E-state index is 6.66. The first-order valence-corrected chi connectivity index (χ1v) is 23.1. The van der Waals surface area contributed by atoms with Crippen LogP contribution in [-0.2, 0) is 24.0 Å². The number of benzene rings is 4. The van der Waals surface area contributed by atoms with Gasteiger partial charge in [-0.1, -0.05) is 113 Å². The fourth-order valence-electron chi connectivity index (χ4n) is 8.70. The van der Waals surface area contributed by atoms with Crippen LogP contribution >= 0.6 is 0 Å². The van der Waals surface area contributed by atoms with Crippen LogP contribution in [0.3, 0.4) is 0 Å². The maximum atomic E-state index is 6.66. The summed E-state index contributed by atoms with van der Waals surface area (Å²) in [6.45, 7) is 19.6. The molecule has 0 radical (unpaired) electrons. The standard InChI is InChI=1S/C57H60B2O6/c1-11-13-15-17-19-21-23-25-39-60-47-33-27-43(28-34-47)57(44-29-35-48(36-30-44)61-40-26-24-22-20-18-16-14-12-2)51-41-45(58-62-53(3,4)54(5,6)63-58)31-37-49(51)50-38-32-46(42-52(50)57)59-64-55(7,8)56(9,10)65-59/h1,27-38,41-42H,12,14,16,18,20,22,24,26,40H2,2-10H3. The zero-order chi connectivity index (χ0) is 46.3. The molecule has 4 aromatic carbocycles. The minimum absolute atomic E-state index is 0.506. The molecule has 3 aliphatic rings. The topological polar surface area (TPSA) is 55.4 Å². The molecule has 0 aromatic heterocycles. The van der Waals surface area contributed by atoms with Gasteiger partial charge in [-0.25, -0.2) is 0 Å². The van der Waals surface area contributed by atoms with Gasteiger partial charge in [0.05, 0.1) is 34.4 Å². The van der Waals surface area contributed by atoms with Crippen LogP contribution in [0.1, 0.15) is 136 Å². The highest BCUT2D eigenvalue weighted by molar-refractivity contribution is 6.62. The van der Waals surface area contributed by atoms with E-state index in [0.29, 0.717) is 12.4 Å². The zero-order valence-corrected chi connectivity index (χ0v) is 39.6. The summed E-state index contributed by atoms with van der Waals surface area (Å²) in [5.41, 5.74) is 5.61. The molecular weight excluding hydrogens is 802 g/mol. The number of terminal acetylenes is 1. The van der Waals surface area contributed by atoms with Crippen LogP contribution in [0.5, 0.6) is 11.5 Å². The molecule has 8 heteroatoms. The third-order valence-electron chi connectivity index (χ3n) is 13.7. The molecule has 0 amide bonds. The summed E-state index contributed by atoms with van der Waals surface area (Å²) in [5.74, 6) is 21.8. The predicted octanol–water partition coefficient (Wildman–Crippen LogP) is 10.2. The fourth-order valence-corrected chi connectivity index (χ4v) is 8.70. The second-order valence-corrected chi connectivity index (χ2v) is 19.1. The molecule has 2 aliphatic heterocycles. The lowest BCUT2D eigenvalue weighted by Gasteiger charge is -2.34. The average Bonchev–Trinajstić information content (AvgIpc) is 3.79. The summed E-state index contributed by atoms with van der Waals surface area (Å²) < 4.78 is 38.9. The van der Waals surface area contributed by atoms with E-state index in [9.17, 15) is 0 Å². The molecule has 2 saturated heterocycles. The SMILES string of the molecule is C#CC#CC#CC#CC#COc1ccc(C2(c3ccc(OCCCCCCCCCC)cc3)c3cc(B4OC(C)(C)C(C)(C)O4)ccc3-c3ccc(B4OC(C)(C)C(C)(C)O4)cc32)cc1. The molecule has 330 valence electrons. The Hall–Kier alpha value is -5.75. The van der Waals surface area contributed by atoms with Crippen molar-refractivity contribution in [2.24, 2.45) is 0 Å². The minimum atomic E-state index is -0.809. The van der Waals surface area contributed by atoms with Gasteiger partial charge in [0, 0.05) is 23.7 Å². The molecular formula is C57H60B2O6. The lowest BCUT2D eigenvalue weighted by Crippen LogP contribution is -2.41. The number of fused-ring (bicyclic) bond motifs is 3. The number of ether oxygens (including phenoxy) is 2. The molecule has 0 atom stereocenters. The first-order valence-electron chi connectivity index (χ1n) is 23.1. The minimum Gasteiger partial charge on any atom is -0.494 e. The third-order valence-corrected chi connectivity index (χ3v) is 13.7. The Morgan fingerprint density at radius 1 is 0.492 bits per heavy atom. The molecule has 0 spiro atoms. The van der Waals surface area contributed by atoms with Crippen LogP contribution in [0.4, 0.5) is 0 Å². The summed E-state index contributed by atoms with van der Waals surface area (Å²) in [7, 11) is -1.11. The highest BCUT2D eigenvalue weighted by Gasteiger charge is 2.55. The molecule has 0 bridgehead atoms. The summed E-state index contributed by atoms with van der Waals surface area (Å²) in [4.78, 5) is 0. The second-order valence-electron chi connectivity index (χ2n) is 19.1. The van der Waals surface area contributed by atoms with Crippen LogP contribution in [0.2, 0.25) is 0 Å². The molecule has 2 fully saturated rings. The number of unbranched alkanes of at least 4 members (excludes halogenated alkanes) is 7. The van der Waals surface area contributed by atoms with Gasteiger partial charge in [-0.2, -0.15) is 0 Å². The Morgan fingerprint density at radius 3 is 1.37 bits per heavy atom. The van der Waals surface area contributed by atoms with Crippen molar-refractivity contribution in [3.63, 3.8) is 0 Å². The summed E-state index contributed by atoms with van der Waals surface area (Å²) in [5, 5.41) is 0. The summed E-state index contributed by atoms with van der Waals surface area (Å²) in [6, 6.07) is 30.0. The van der Waals surface area contributed by atoms with Gasteiger partial charge >= 0.3 is 14.2 Å². The van der Waals surface area contributed by atoms with Crippen molar-refractivity contribution in [3.05, 3.63) is 107 Å². The first kappa shape index (κ1) is 47.2. The average molecular weight is 863 g/mol. The van der Waals surface area contributed by atoms with Crippen molar-refractivity contribution < 1.29 is 28.1 Å². The maximum Gasteiger partial charge on any atom is 0.494 e. The van der Waals surface area contributed by atoms with E-state index in [1.54, 1.807) is 0 Å². The Bertz CT molecular complexity index is 2540.